The number of benzene rings is 2. The minimum Gasteiger partial charge on any atom is -0.478 e. The van der Waals surface area contributed by atoms with Crippen molar-refractivity contribution in [2.75, 3.05) is 45.1 Å². The lowest BCUT2D eigenvalue weighted by Gasteiger charge is -2.34. The molecular formula is C21H26N4O2. The van der Waals surface area contributed by atoms with Crippen molar-refractivity contribution in [3.05, 3.63) is 65.7 Å². The van der Waals surface area contributed by atoms with Gasteiger partial charge in [0.1, 0.15) is 0 Å². The quantitative estimate of drug-likeness (QED) is 0.629. The summed E-state index contributed by atoms with van der Waals surface area (Å²) >= 11 is 0. The highest BCUT2D eigenvalue weighted by atomic mass is 16.4. The first-order valence-electron chi connectivity index (χ1n) is 9.24. The van der Waals surface area contributed by atoms with E-state index in [2.05, 4.69) is 34.3 Å². The van der Waals surface area contributed by atoms with Gasteiger partial charge in [-0.15, -0.1) is 0 Å². The predicted molar refractivity (Wildman–Crippen MR) is 109 cm³/mol. The molecule has 3 rings (SSSR count). The van der Waals surface area contributed by atoms with E-state index in [0.717, 1.165) is 44.2 Å². The summed E-state index contributed by atoms with van der Waals surface area (Å²) in [6, 6.07) is 17.1. The zero-order chi connectivity index (χ0) is 19.1. The van der Waals surface area contributed by atoms with Crippen LogP contribution in [0.15, 0.2) is 59.6 Å². The van der Waals surface area contributed by atoms with Crippen LogP contribution in [-0.2, 0) is 6.42 Å². The third-order valence-electron chi connectivity index (χ3n) is 4.70. The van der Waals surface area contributed by atoms with Crippen LogP contribution in [0.1, 0.15) is 15.9 Å². The fraction of sp³-hybridized carbons (Fsp3) is 0.333. The normalized spacial score (nSPS) is 15.6. The number of likely N-dealkylation sites (N-methyl/N-ethyl adjacent to an activating group) is 1. The van der Waals surface area contributed by atoms with E-state index >= 15 is 0 Å². The second kappa shape index (κ2) is 9.19. The second-order valence-corrected chi connectivity index (χ2v) is 6.74. The van der Waals surface area contributed by atoms with Crippen LogP contribution >= 0.6 is 0 Å². The van der Waals surface area contributed by atoms with E-state index in [1.165, 1.54) is 5.56 Å². The van der Waals surface area contributed by atoms with Crippen molar-refractivity contribution in [2.24, 2.45) is 4.99 Å². The maximum atomic E-state index is 11.0. The van der Waals surface area contributed by atoms with E-state index in [4.69, 9.17) is 10.1 Å². The van der Waals surface area contributed by atoms with Crippen molar-refractivity contribution in [3.8, 4) is 0 Å². The number of rotatable bonds is 5. The molecule has 0 radical (unpaired) electrons. The lowest BCUT2D eigenvalue weighted by atomic mass is 10.2. The average Bonchev–Trinajstić information content (AvgIpc) is 2.69. The Balaban J connectivity index is 1.70. The Morgan fingerprint density at radius 1 is 1.04 bits per heavy atom. The van der Waals surface area contributed by atoms with Gasteiger partial charge in [0.25, 0.3) is 0 Å². The van der Waals surface area contributed by atoms with Crippen molar-refractivity contribution in [2.45, 2.75) is 6.42 Å². The fourth-order valence-electron chi connectivity index (χ4n) is 3.00. The van der Waals surface area contributed by atoms with Gasteiger partial charge in [0.15, 0.2) is 5.96 Å². The zero-order valence-corrected chi connectivity index (χ0v) is 15.6. The van der Waals surface area contributed by atoms with Crippen LogP contribution in [-0.4, -0.2) is 66.6 Å². The number of guanidine groups is 1. The van der Waals surface area contributed by atoms with Crippen molar-refractivity contribution in [1.29, 1.82) is 0 Å². The first-order valence-corrected chi connectivity index (χ1v) is 9.24. The largest absolute Gasteiger partial charge is 0.478 e. The topological polar surface area (TPSA) is 68.2 Å². The summed E-state index contributed by atoms with van der Waals surface area (Å²) in [5.74, 6) is -0.0699. The van der Waals surface area contributed by atoms with Gasteiger partial charge in [-0.1, -0.05) is 30.3 Å². The molecule has 1 fully saturated rings. The summed E-state index contributed by atoms with van der Waals surface area (Å²) < 4.78 is 0. The molecule has 0 spiro atoms. The maximum Gasteiger partial charge on any atom is 0.335 e. The highest BCUT2D eigenvalue weighted by Crippen LogP contribution is 2.12. The van der Waals surface area contributed by atoms with Crippen LogP contribution in [0.5, 0.6) is 0 Å². The number of carbonyl (C=O) groups is 1. The van der Waals surface area contributed by atoms with Gasteiger partial charge in [0.2, 0.25) is 0 Å². The van der Waals surface area contributed by atoms with Gasteiger partial charge < -0.3 is 20.2 Å². The maximum absolute atomic E-state index is 11.0. The lowest BCUT2D eigenvalue weighted by Crippen LogP contribution is -2.49. The van der Waals surface area contributed by atoms with Gasteiger partial charge >= 0.3 is 5.97 Å². The summed E-state index contributed by atoms with van der Waals surface area (Å²) in [6.45, 7) is 4.53. The summed E-state index contributed by atoms with van der Waals surface area (Å²) in [5, 5.41) is 12.4. The lowest BCUT2D eigenvalue weighted by molar-refractivity contribution is 0.0697. The molecule has 2 N–H and O–H groups in total. The number of nitrogens with zero attached hydrogens (tertiary/aromatic N) is 3. The summed E-state index contributed by atoms with van der Waals surface area (Å²) in [5.41, 5.74) is 2.39. The molecule has 6 nitrogen and oxygen atoms in total. The molecule has 1 aliphatic rings. The Morgan fingerprint density at radius 3 is 2.33 bits per heavy atom. The fourth-order valence-corrected chi connectivity index (χ4v) is 3.00. The first-order chi connectivity index (χ1) is 13.1. The molecule has 0 aromatic heterocycles. The third kappa shape index (κ3) is 5.56. The zero-order valence-electron chi connectivity index (χ0n) is 15.6. The van der Waals surface area contributed by atoms with Gasteiger partial charge in [0.05, 0.1) is 5.56 Å². The minimum atomic E-state index is -0.919. The van der Waals surface area contributed by atoms with Gasteiger partial charge in [-0.3, -0.25) is 4.99 Å². The van der Waals surface area contributed by atoms with E-state index in [1.807, 2.05) is 18.2 Å². The molecule has 0 saturated carbocycles. The Bertz CT molecular complexity index is 767. The molecule has 0 bridgehead atoms. The molecule has 1 heterocycles. The molecule has 0 unspecified atom stereocenters. The van der Waals surface area contributed by atoms with E-state index in [0.29, 0.717) is 6.54 Å². The van der Waals surface area contributed by atoms with E-state index < -0.39 is 5.97 Å². The number of carboxylic acid groups (broad SMARTS) is 1. The van der Waals surface area contributed by atoms with Crippen LogP contribution < -0.4 is 5.32 Å². The number of aliphatic imine (C=N–C) groups is 1. The van der Waals surface area contributed by atoms with Crippen molar-refractivity contribution >= 4 is 17.6 Å². The number of piperazine rings is 1. The Morgan fingerprint density at radius 2 is 1.70 bits per heavy atom. The second-order valence-electron chi connectivity index (χ2n) is 6.74. The van der Waals surface area contributed by atoms with E-state index in [-0.39, 0.29) is 5.56 Å². The van der Waals surface area contributed by atoms with E-state index in [1.54, 1.807) is 24.3 Å². The number of hydrogen-bond acceptors (Lipinski definition) is 3. The monoisotopic (exact) mass is 366 g/mol. The number of hydrogen-bond donors (Lipinski definition) is 2. The van der Waals surface area contributed by atoms with Gasteiger partial charge in [-0.2, -0.15) is 0 Å². The predicted octanol–water partition coefficient (Wildman–Crippen LogP) is 2.64. The average molecular weight is 366 g/mol. The van der Waals surface area contributed by atoms with Crippen molar-refractivity contribution in [1.82, 2.24) is 9.80 Å². The molecule has 1 saturated heterocycles. The molecule has 0 aliphatic carbocycles. The highest BCUT2D eigenvalue weighted by molar-refractivity contribution is 5.94. The standard InChI is InChI=1S/C21H26N4O2/c1-24-13-15-25(16-14-24)21(22-12-11-17-5-3-2-4-6-17)23-19-9-7-18(8-10-19)20(26)27/h2-10H,11-16H2,1H3,(H,22,23)(H,26,27). The van der Waals surface area contributed by atoms with Crippen molar-refractivity contribution < 1.29 is 9.90 Å². The summed E-state index contributed by atoms with van der Waals surface area (Å²) in [4.78, 5) is 20.4. The molecule has 2 aromatic carbocycles. The number of carboxylic acids is 1. The number of anilines is 1. The van der Waals surface area contributed by atoms with Gasteiger partial charge in [0, 0.05) is 38.4 Å². The first kappa shape index (κ1) is 18.9. The van der Waals surface area contributed by atoms with Crippen LogP contribution in [0, 0.1) is 0 Å². The van der Waals surface area contributed by atoms with Crippen molar-refractivity contribution in [3.63, 3.8) is 0 Å². The molecule has 0 amide bonds. The number of aromatic carboxylic acids is 1. The molecule has 6 heteroatoms. The Labute approximate surface area is 160 Å². The van der Waals surface area contributed by atoms with Gasteiger partial charge in [-0.25, -0.2) is 4.79 Å². The van der Waals surface area contributed by atoms with Crippen LogP contribution in [0.25, 0.3) is 0 Å². The summed E-state index contributed by atoms with van der Waals surface area (Å²) in [6.07, 6.45) is 0.887. The molecular weight excluding hydrogens is 340 g/mol. The minimum absolute atomic E-state index is 0.280. The number of nitrogens with one attached hydrogen (secondary N) is 1. The Kier molecular flexibility index (Phi) is 6.44. The SMILES string of the molecule is CN1CCN(C(=NCCc2ccccc2)Nc2ccc(C(=O)O)cc2)CC1. The molecule has 2 aromatic rings. The summed E-state index contributed by atoms with van der Waals surface area (Å²) in [7, 11) is 2.13. The van der Waals surface area contributed by atoms with Crippen LogP contribution in [0.3, 0.4) is 0 Å². The van der Waals surface area contributed by atoms with E-state index in [9.17, 15) is 4.79 Å². The van der Waals surface area contributed by atoms with Crippen LogP contribution in [0.4, 0.5) is 5.69 Å². The molecule has 27 heavy (non-hydrogen) atoms. The Hall–Kier alpha value is -2.86. The molecule has 142 valence electrons. The van der Waals surface area contributed by atoms with Gasteiger partial charge in [-0.05, 0) is 43.3 Å². The molecule has 0 atom stereocenters. The third-order valence-corrected chi connectivity index (χ3v) is 4.70. The molecule has 1 aliphatic heterocycles. The van der Waals surface area contributed by atoms with Crippen LogP contribution in [0.2, 0.25) is 0 Å². The smallest absolute Gasteiger partial charge is 0.335 e. The highest BCUT2D eigenvalue weighted by Gasteiger charge is 2.17.